The first-order chi connectivity index (χ1) is 17.3. The number of benzene rings is 2. The predicted octanol–water partition coefficient (Wildman–Crippen LogP) is 5.93. The Morgan fingerprint density at radius 1 is 1.03 bits per heavy atom. The third-order valence-corrected chi connectivity index (χ3v) is 7.32. The number of rotatable bonds is 7. The Morgan fingerprint density at radius 2 is 1.78 bits per heavy atom. The van der Waals surface area contributed by atoms with Crippen molar-refractivity contribution < 1.29 is 23.8 Å². The number of methoxy groups -OCH3 is 2. The minimum absolute atomic E-state index is 0.0279. The number of esters is 1. The fourth-order valence-corrected chi connectivity index (χ4v) is 5.29. The van der Waals surface area contributed by atoms with Gasteiger partial charge in [-0.25, -0.2) is 0 Å². The monoisotopic (exact) mass is 489 g/mol. The van der Waals surface area contributed by atoms with Gasteiger partial charge in [-0.15, -0.1) is 0 Å². The maximum Gasteiger partial charge on any atom is 0.315 e. The molecule has 1 aliphatic carbocycles. The summed E-state index contributed by atoms with van der Waals surface area (Å²) < 4.78 is 16.6. The largest absolute Gasteiger partial charge is 0.493 e. The summed E-state index contributed by atoms with van der Waals surface area (Å²) in [7, 11) is 3.21. The summed E-state index contributed by atoms with van der Waals surface area (Å²) in [4.78, 5) is 32.0. The van der Waals surface area contributed by atoms with Crippen LogP contribution < -0.4 is 9.47 Å². The van der Waals surface area contributed by atoms with Crippen LogP contribution in [0.3, 0.4) is 0 Å². The summed E-state index contributed by atoms with van der Waals surface area (Å²) in [6, 6.07) is 13.8. The van der Waals surface area contributed by atoms with Gasteiger partial charge in [0.15, 0.2) is 17.3 Å². The molecule has 1 heterocycles. The lowest BCUT2D eigenvalue weighted by Crippen LogP contribution is -2.39. The Hall–Kier alpha value is -3.41. The number of ether oxygens (including phenoxy) is 3. The van der Waals surface area contributed by atoms with Gasteiger partial charge in [-0.05, 0) is 62.8 Å². The van der Waals surface area contributed by atoms with E-state index >= 15 is 0 Å². The van der Waals surface area contributed by atoms with Gasteiger partial charge in [-0.1, -0.05) is 42.8 Å². The SMILES string of the molecule is CC[C@@H](C)OC(=O)C1C(C)=NC2=C(C(=O)C[C@H](c3ccc(OC)c(OC)c3)C2)[C@@H]1c1cccc(C)c1. The zero-order valence-corrected chi connectivity index (χ0v) is 22.0. The summed E-state index contributed by atoms with van der Waals surface area (Å²) in [6.45, 7) is 7.76. The van der Waals surface area contributed by atoms with Crippen LogP contribution in [0.1, 0.15) is 68.6 Å². The van der Waals surface area contributed by atoms with Crippen molar-refractivity contribution in [2.24, 2.45) is 10.9 Å². The molecule has 2 aromatic rings. The average Bonchev–Trinajstić information content (AvgIpc) is 2.86. The van der Waals surface area contributed by atoms with Gasteiger partial charge in [0, 0.05) is 29.3 Å². The van der Waals surface area contributed by atoms with E-state index in [-0.39, 0.29) is 23.8 Å². The Labute approximate surface area is 213 Å². The molecule has 4 rings (SSSR count). The Bertz CT molecular complexity index is 1230. The van der Waals surface area contributed by atoms with Gasteiger partial charge in [-0.2, -0.15) is 0 Å². The van der Waals surface area contributed by atoms with Crippen LogP contribution in [-0.2, 0) is 14.3 Å². The maximum absolute atomic E-state index is 13.8. The molecule has 0 bridgehead atoms. The van der Waals surface area contributed by atoms with Gasteiger partial charge in [0.25, 0.3) is 0 Å². The number of hydrogen-bond acceptors (Lipinski definition) is 6. The van der Waals surface area contributed by atoms with Gasteiger partial charge >= 0.3 is 5.97 Å². The molecule has 2 aromatic carbocycles. The van der Waals surface area contributed by atoms with E-state index in [0.29, 0.717) is 35.6 Å². The quantitative estimate of drug-likeness (QED) is 0.451. The zero-order chi connectivity index (χ0) is 26.0. The van der Waals surface area contributed by atoms with E-state index in [1.807, 2.05) is 64.1 Å². The number of aliphatic imine (C=N–C) groups is 1. The Morgan fingerprint density at radius 3 is 2.44 bits per heavy atom. The standard InChI is InChI=1S/C30H35NO5/c1-7-18(3)36-30(33)27-19(4)31-23-14-22(20-11-12-25(34-5)26(16-20)35-6)15-24(32)29(23)28(27)21-10-8-9-17(2)13-21/h8-13,16,18,22,27-28H,7,14-15H2,1-6H3/t18-,22-,27?,28-/m1/s1. The number of Topliss-reactive ketones (excluding diaryl/α,β-unsaturated/α-hetero) is 1. The summed E-state index contributed by atoms with van der Waals surface area (Å²) >= 11 is 0. The third kappa shape index (κ3) is 4.95. The van der Waals surface area contributed by atoms with E-state index < -0.39 is 11.8 Å². The number of allylic oxidation sites excluding steroid dienone is 2. The van der Waals surface area contributed by atoms with Gasteiger partial charge < -0.3 is 14.2 Å². The molecule has 0 fully saturated rings. The number of aryl methyl sites for hydroxylation is 1. The second-order valence-electron chi connectivity index (χ2n) is 9.78. The second-order valence-corrected chi connectivity index (χ2v) is 9.78. The number of carbonyl (C=O) groups is 2. The molecule has 36 heavy (non-hydrogen) atoms. The van der Waals surface area contributed by atoms with E-state index in [9.17, 15) is 9.59 Å². The topological polar surface area (TPSA) is 74.2 Å². The summed E-state index contributed by atoms with van der Waals surface area (Å²) in [6.07, 6.45) is 1.49. The minimum atomic E-state index is -0.624. The van der Waals surface area contributed by atoms with Crippen molar-refractivity contribution in [3.63, 3.8) is 0 Å². The van der Waals surface area contributed by atoms with Crippen molar-refractivity contribution in [3.8, 4) is 11.5 Å². The lowest BCUT2D eigenvalue weighted by molar-refractivity contribution is -0.151. The third-order valence-electron chi connectivity index (χ3n) is 7.32. The first-order valence-electron chi connectivity index (χ1n) is 12.6. The van der Waals surface area contributed by atoms with Crippen LogP contribution in [0.5, 0.6) is 11.5 Å². The highest BCUT2D eigenvalue weighted by atomic mass is 16.5. The Balaban J connectivity index is 1.77. The minimum Gasteiger partial charge on any atom is -0.493 e. The molecular weight excluding hydrogens is 454 g/mol. The zero-order valence-electron chi connectivity index (χ0n) is 22.0. The van der Waals surface area contributed by atoms with Crippen molar-refractivity contribution in [2.45, 2.75) is 64.9 Å². The fourth-order valence-electron chi connectivity index (χ4n) is 5.29. The molecule has 6 nitrogen and oxygen atoms in total. The van der Waals surface area contributed by atoms with Crippen LogP contribution in [-0.4, -0.2) is 37.8 Å². The van der Waals surface area contributed by atoms with Crippen LogP contribution in [0.2, 0.25) is 0 Å². The molecule has 6 heteroatoms. The molecule has 4 atom stereocenters. The molecule has 0 N–H and O–H groups in total. The first kappa shape index (κ1) is 25.7. The number of nitrogens with zero attached hydrogens (tertiary/aromatic N) is 1. The van der Waals surface area contributed by atoms with E-state index in [1.165, 1.54) is 0 Å². The van der Waals surface area contributed by atoms with E-state index in [0.717, 1.165) is 28.8 Å². The van der Waals surface area contributed by atoms with Gasteiger partial charge in [0.2, 0.25) is 0 Å². The molecule has 1 aliphatic heterocycles. The molecule has 0 saturated heterocycles. The lowest BCUT2D eigenvalue weighted by Gasteiger charge is -2.37. The highest BCUT2D eigenvalue weighted by molar-refractivity contribution is 6.09. The summed E-state index contributed by atoms with van der Waals surface area (Å²) in [5, 5.41) is 0. The van der Waals surface area contributed by atoms with Crippen molar-refractivity contribution in [2.75, 3.05) is 14.2 Å². The normalized spacial score (nSPS) is 22.4. The highest BCUT2D eigenvalue weighted by Gasteiger charge is 2.45. The van der Waals surface area contributed by atoms with Crippen LogP contribution in [0.15, 0.2) is 58.7 Å². The summed E-state index contributed by atoms with van der Waals surface area (Å²) in [5.74, 6) is -0.0741. The highest BCUT2D eigenvalue weighted by Crippen LogP contribution is 2.47. The van der Waals surface area contributed by atoms with Crippen molar-refractivity contribution in [1.82, 2.24) is 0 Å². The lowest BCUT2D eigenvalue weighted by atomic mass is 9.69. The van der Waals surface area contributed by atoms with Gasteiger partial charge in [-0.3, -0.25) is 14.6 Å². The van der Waals surface area contributed by atoms with E-state index in [4.69, 9.17) is 19.2 Å². The number of ketones is 1. The molecule has 0 amide bonds. The number of hydrogen-bond donors (Lipinski definition) is 0. The van der Waals surface area contributed by atoms with E-state index in [2.05, 4.69) is 6.07 Å². The smallest absolute Gasteiger partial charge is 0.315 e. The maximum atomic E-state index is 13.8. The molecule has 2 aliphatic rings. The van der Waals surface area contributed by atoms with Crippen LogP contribution in [0, 0.1) is 12.8 Å². The van der Waals surface area contributed by atoms with E-state index in [1.54, 1.807) is 14.2 Å². The molecule has 0 saturated carbocycles. The molecule has 0 radical (unpaired) electrons. The second kappa shape index (κ2) is 10.7. The average molecular weight is 490 g/mol. The summed E-state index contributed by atoms with van der Waals surface area (Å²) in [5.41, 5.74) is 5.13. The van der Waals surface area contributed by atoms with Crippen LogP contribution in [0.4, 0.5) is 0 Å². The molecule has 1 unspecified atom stereocenters. The van der Waals surface area contributed by atoms with Crippen LogP contribution in [0.25, 0.3) is 0 Å². The fraction of sp³-hybridized carbons (Fsp3) is 0.433. The number of carbonyl (C=O) groups excluding carboxylic acids is 2. The van der Waals surface area contributed by atoms with Crippen molar-refractivity contribution in [3.05, 3.63) is 70.4 Å². The molecular formula is C30H35NO5. The Kier molecular flexibility index (Phi) is 7.62. The molecule has 0 spiro atoms. The molecule has 0 aromatic heterocycles. The predicted molar refractivity (Wildman–Crippen MR) is 140 cm³/mol. The van der Waals surface area contributed by atoms with Crippen molar-refractivity contribution in [1.29, 1.82) is 0 Å². The van der Waals surface area contributed by atoms with Gasteiger partial charge in [0.05, 0.1) is 20.3 Å². The van der Waals surface area contributed by atoms with Crippen molar-refractivity contribution >= 4 is 17.5 Å². The molecule has 190 valence electrons. The van der Waals surface area contributed by atoms with Gasteiger partial charge in [0.1, 0.15) is 5.92 Å². The van der Waals surface area contributed by atoms with Crippen LogP contribution >= 0.6 is 0 Å². The first-order valence-corrected chi connectivity index (χ1v) is 12.6.